The number of aliphatic imine (C=N–C) groups is 1. The highest BCUT2D eigenvalue weighted by atomic mass is 127. The first-order valence-electron chi connectivity index (χ1n) is 7.10. The lowest BCUT2D eigenvalue weighted by Gasteiger charge is -2.39. The number of nitrogens with zero attached hydrogens (tertiary/aromatic N) is 2. The number of esters is 1. The summed E-state index contributed by atoms with van der Waals surface area (Å²) >= 11 is 0. The molecule has 1 N–H and O–H groups in total. The fourth-order valence-corrected chi connectivity index (χ4v) is 2.78. The maximum atomic E-state index is 11.7. The Kier molecular flexibility index (Phi) is 6.71. The number of hydrogen-bond donors (Lipinski definition) is 1. The van der Waals surface area contributed by atoms with Crippen molar-refractivity contribution in [3.63, 3.8) is 0 Å². The summed E-state index contributed by atoms with van der Waals surface area (Å²) in [5, 5.41) is 3.40. The summed E-state index contributed by atoms with van der Waals surface area (Å²) in [7, 11) is 3.22. The SMILES string of the molecule is CN=C(NCC1(C)COC1)N1CC(C)C(C(=O)OC)C1.I. The first-order chi connectivity index (χ1) is 9.49. The molecule has 2 aliphatic heterocycles. The van der Waals surface area contributed by atoms with Gasteiger partial charge in [-0.15, -0.1) is 24.0 Å². The highest BCUT2D eigenvalue weighted by Gasteiger charge is 2.38. The minimum Gasteiger partial charge on any atom is -0.469 e. The third-order valence-corrected chi connectivity index (χ3v) is 4.20. The average Bonchev–Trinajstić information content (AvgIpc) is 2.78. The van der Waals surface area contributed by atoms with E-state index in [0.717, 1.165) is 32.3 Å². The first kappa shape index (κ1) is 18.5. The van der Waals surface area contributed by atoms with Crippen molar-refractivity contribution in [2.45, 2.75) is 13.8 Å². The summed E-state index contributed by atoms with van der Waals surface area (Å²) in [5.41, 5.74) is 0.197. The molecule has 2 aliphatic rings. The lowest BCUT2D eigenvalue weighted by Crippen LogP contribution is -2.51. The van der Waals surface area contributed by atoms with Crippen molar-refractivity contribution < 1.29 is 14.3 Å². The zero-order valence-electron chi connectivity index (χ0n) is 13.2. The monoisotopic (exact) mass is 411 g/mol. The Morgan fingerprint density at radius 2 is 2.14 bits per heavy atom. The molecule has 0 saturated carbocycles. The van der Waals surface area contributed by atoms with Crippen molar-refractivity contribution in [1.82, 2.24) is 10.2 Å². The second kappa shape index (κ2) is 7.62. The molecule has 0 amide bonds. The molecule has 0 aromatic heterocycles. The van der Waals surface area contributed by atoms with Crippen LogP contribution in [0.25, 0.3) is 0 Å². The van der Waals surface area contributed by atoms with Gasteiger partial charge < -0.3 is 19.7 Å². The van der Waals surface area contributed by atoms with E-state index < -0.39 is 0 Å². The summed E-state index contributed by atoms with van der Waals surface area (Å²) in [4.78, 5) is 18.2. The zero-order chi connectivity index (χ0) is 14.8. The van der Waals surface area contributed by atoms with Gasteiger partial charge in [0.1, 0.15) is 0 Å². The quantitative estimate of drug-likeness (QED) is 0.325. The number of halogens is 1. The second-order valence-electron chi connectivity index (χ2n) is 6.22. The molecule has 0 bridgehead atoms. The van der Waals surface area contributed by atoms with Crippen LogP contribution >= 0.6 is 24.0 Å². The van der Waals surface area contributed by atoms with Gasteiger partial charge in [-0.2, -0.15) is 0 Å². The average molecular weight is 411 g/mol. The van der Waals surface area contributed by atoms with E-state index >= 15 is 0 Å². The maximum Gasteiger partial charge on any atom is 0.310 e. The fourth-order valence-electron chi connectivity index (χ4n) is 2.78. The van der Waals surface area contributed by atoms with E-state index in [2.05, 4.69) is 29.1 Å². The topological polar surface area (TPSA) is 63.2 Å². The van der Waals surface area contributed by atoms with Crippen LogP contribution in [0.15, 0.2) is 4.99 Å². The summed E-state index contributed by atoms with van der Waals surface area (Å²) in [6, 6.07) is 0. The Bertz CT molecular complexity index is 399. The Hall–Kier alpha value is -0.570. The number of nitrogens with one attached hydrogen (secondary N) is 1. The molecule has 21 heavy (non-hydrogen) atoms. The molecule has 7 heteroatoms. The van der Waals surface area contributed by atoms with E-state index in [1.165, 1.54) is 7.11 Å². The van der Waals surface area contributed by atoms with Crippen LogP contribution in [-0.2, 0) is 14.3 Å². The highest BCUT2D eigenvalue weighted by Crippen LogP contribution is 2.26. The highest BCUT2D eigenvalue weighted by molar-refractivity contribution is 14.0. The molecule has 0 radical (unpaired) electrons. The van der Waals surface area contributed by atoms with Crippen molar-refractivity contribution in [2.24, 2.45) is 22.2 Å². The van der Waals surface area contributed by atoms with Crippen LogP contribution in [0.5, 0.6) is 0 Å². The van der Waals surface area contributed by atoms with Crippen LogP contribution in [0.2, 0.25) is 0 Å². The van der Waals surface area contributed by atoms with Crippen LogP contribution < -0.4 is 5.32 Å². The molecule has 6 nitrogen and oxygen atoms in total. The molecule has 0 spiro atoms. The van der Waals surface area contributed by atoms with Gasteiger partial charge in [0.25, 0.3) is 0 Å². The molecule has 2 atom stereocenters. The molecule has 0 aromatic carbocycles. The standard InChI is InChI=1S/C14H25N3O3.HI/c1-10-5-17(6-11(10)12(18)19-4)13(15-3)16-7-14(2)8-20-9-14;/h10-11H,5-9H2,1-4H3,(H,15,16);1H. The third-order valence-electron chi connectivity index (χ3n) is 4.20. The number of ether oxygens (including phenoxy) is 2. The summed E-state index contributed by atoms with van der Waals surface area (Å²) in [6.45, 7) is 8.19. The molecule has 2 fully saturated rings. The van der Waals surface area contributed by atoms with Gasteiger partial charge in [-0.05, 0) is 5.92 Å². The first-order valence-corrected chi connectivity index (χ1v) is 7.10. The summed E-state index contributed by atoms with van der Waals surface area (Å²) < 4.78 is 10.1. The smallest absolute Gasteiger partial charge is 0.310 e. The largest absolute Gasteiger partial charge is 0.469 e. The van der Waals surface area contributed by atoms with E-state index in [9.17, 15) is 4.79 Å². The number of carbonyl (C=O) groups is 1. The van der Waals surface area contributed by atoms with Crippen LogP contribution in [0.3, 0.4) is 0 Å². The third kappa shape index (κ3) is 4.21. The Morgan fingerprint density at radius 3 is 2.62 bits per heavy atom. The van der Waals surface area contributed by atoms with Gasteiger partial charge in [-0.3, -0.25) is 9.79 Å². The molecule has 2 rings (SSSR count). The molecule has 122 valence electrons. The van der Waals surface area contributed by atoms with Crippen molar-refractivity contribution in [3.05, 3.63) is 0 Å². The van der Waals surface area contributed by atoms with E-state index in [1.54, 1.807) is 7.05 Å². The molecule has 2 unspecified atom stereocenters. The van der Waals surface area contributed by atoms with Crippen molar-refractivity contribution >= 4 is 35.9 Å². The van der Waals surface area contributed by atoms with Crippen LogP contribution in [0.4, 0.5) is 0 Å². The minimum atomic E-state index is -0.130. The Balaban J connectivity index is 0.00000220. The van der Waals surface area contributed by atoms with Gasteiger partial charge in [-0.25, -0.2) is 0 Å². The van der Waals surface area contributed by atoms with Gasteiger partial charge in [0.2, 0.25) is 0 Å². The second-order valence-corrected chi connectivity index (χ2v) is 6.22. The number of methoxy groups -OCH3 is 1. The predicted molar refractivity (Wildman–Crippen MR) is 91.9 cm³/mol. The predicted octanol–water partition coefficient (Wildman–Crippen LogP) is 0.957. The van der Waals surface area contributed by atoms with Crippen LogP contribution in [-0.4, -0.2) is 63.8 Å². The molecular formula is C14H26IN3O3. The van der Waals surface area contributed by atoms with Crippen LogP contribution in [0, 0.1) is 17.3 Å². The molecule has 0 aromatic rings. The summed E-state index contributed by atoms with van der Waals surface area (Å²) in [5.74, 6) is 0.941. The van der Waals surface area contributed by atoms with Gasteiger partial charge in [0.15, 0.2) is 5.96 Å². The molecular weight excluding hydrogens is 385 g/mol. The number of guanidine groups is 1. The van der Waals surface area contributed by atoms with Crippen molar-refractivity contribution in [1.29, 1.82) is 0 Å². The zero-order valence-corrected chi connectivity index (χ0v) is 15.5. The van der Waals surface area contributed by atoms with Crippen LogP contribution in [0.1, 0.15) is 13.8 Å². The normalized spacial score (nSPS) is 27.6. The lowest BCUT2D eigenvalue weighted by molar-refractivity contribution is -0.145. The Labute approximate surface area is 143 Å². The number of likely N-dealkylation sites (tertiary alicyclic amines) is 1. The van der Waals surface area contributed by atoms with E-state index in [-0.39, 0.29) is 47.2 Å². The lowest BCUT2D eigenvalue weighted by atomic mass is 9.89. The van der Waals surface area contributed by atoms with Gasteiger partial charge >= 0.3 is 5.97 Å². The van der Waals surface area contributed by atoms with Gasteiger partial charge in [0.05, 0.1) is 26.2 Å². The fraction of sp³-hybridized carbons (Fsp3) is 0.857. The van der Waals surface area contributed by atoms with E-state index in [4.69, 9.17) is 9.47 Å². The van der Waals surface area contributed by atoms with Gasteiger partial charge in [0, 0.05) is 32.1 Å². The number of rotatable bonds is 3. The minimum absolute atomic E-state index is 0. The Morgan fingerprint density at radius 1 is 1.48 bits per heavy atom. The maximum absolute atomic E-state index is 11.7. The van der Waals surface area contributed by atoms with E-state index in [1.807, 2.05) is 0 Å². The molecule has 0 aliphatic carbocycles. The number of hydrogen-bond acceptors (Lipinski definition) is 4. The van der Waals surface area contributed by atoms with Crippen molar-refractivity contribution in [3.8, 4) is 0 Å². The van der Waals surface area contributed by atoms with Gasteiger partial charge in [-0.1, -0.05) is 13.8 Å². The molecule has 2 saturated heterocycles. The van der Waals surface area contributed by atoms with Crippen molar-refractivity contribution in [2.75, 3.05) is 47.0 Å². The summed E-state index contributed by atoms with van der Waals surface area (Å²) in [6.07, 6.45) is 0. The van der Waals surface area contributed by atoms with E-state index in [0.29, 0.717) is 6.54 Å². The number of carbonyl (C=O) groups excluding carboxylic acids is 1. The molecule has 2 heterocycles.